The number of non-ortho nitro benzene ring substituents is 1. The first kappa shape index (κ1) is 21.0. The normalized spacial score (nSPS) is 18.2. The molecule has 0 bridgehead atoms. The number of nitrogens with zero attached hydrogens (tertiary/aromatic N) is 2. The van der Waals surface area contributed by atoms with Crippen molar-refractivity contribution in [1.29, 1.82) is 0 Å². The molecule has 2 heterocycles. The number of rotatable bonds is 4. The zero-order chi connectivity index (χ0) is 23.1. The van der Waals surface area contributed by atoms with Crippen LogP contribution in [0.2, 0.25) is 0 Å². The number of hydrogen-bond acceptors (Lipinski definition) is 7. The van der Waals surface area contributed by atoms with Gasteiger partial charge in [0.15, 0.2) is 10.9 Å². The number of nitro benzene ring substituents is 1. The Bertz CT molecular complexity index is 1340. The highest BCUT2D eigenvalue weighted by atomic mass is 32.1. The molecular formula is C24H20N4O4S. The smallest absolute Gasteiger partial charge is 0.269 e. The van der Waals surface area contributed by atoms with E-state index in [9.17, 15) is 19.7 Å². The SMILES string of the molecule is CC1=C(C(=O)Nc2nc3ccccc3s2)[C@@H](c2ccc([N+](=O)[O-])cc2)C2=C(CCCC2=O)N1. The number of thiazole rings is 1. The fourth-order valence-corrected chi connectivity index (χ4v) is 5.36. The average Bonchev–Trinajstić information content (AvgIpc) is 3.20. The van der Waals surface area contributed by atoms with Crippen molar-refractivity contribution in [3.63, 3.8) is 0 Å². The van der Waals surface area contributed by atoms with Crippen LogP contribution in [-0.2, 0) is 9.59 Å². The molecule has 166 valence electrons. The maximum atomic E-state index is 13.5. The van der Waals surface area contributed by atoms with Gasteiger partial charge >= 0.3 is 0 Å². The number of benzene rings is 2. The molecular weight excluding hydrogens is 440 g/mol. The Morgan fingerprint density at radius 2 is 1.94 bits per heavy atom. The van der Waals surface area contributed by atoms with Gasteiger partial charge in [-0.3, -0.25) is 25.0 Å². The fraction of sp³-hybridized carbons (Fsp3) is 0.208. The molecule has 33 heavy (non-hydrogen) atoms. The summed E-state index contributed by atoms with van der Waals surface area (Å²) in [6.07, 6.45) is 1.88. The Balaban J connectivity index is 1.56. The van der Waals surface area contributed by atoms with Crippen molar-refractivity contribution in [2.45, 2.75) is 32.1 Å². The number of anilines is 1. The summed E-state index contributed by atoms with van der Waals surface area (Å²) < 4.78 is 0.958. The summed E-state index contributed by atoms with van der Waals surface area (Å²) in [4.78, 5) is 41.6. The third-order valence-electron chi connectivity index (χ3n) is 5.97. The molecule has 0 saturated heterocycles. The topological polar surface area (TPSA) is 114 Å². The Hall–Kier alpha value is -3.85. The molecule has 1 aromatic heterocycles. The summed E-state index contributed by atoms with van der Waals surface area (Å²) in [5.74, 6) is -0.971. The number of fused-ring (bicyclic) bond motifs is 1. The molecule has 2 aromatic carbocycles. The van der Waals surface area contributed by atoms with E-state index in [0.717, 1.165) is 22.3 Å². The Labute approximate surface area is 193 Å². The van der Waals surface area contributed by atoms with Crippen LogP contribution in [0.4, 0.5) is 10.8 Å². The summed E-state index contributed by atoms with van der Waals surface area (Å²) in [5.41, 5.74) is 3.88. The van der Waals surface area contributed by atoms with Gasteiger partial charge in [0.05, 0.1) is 15.1 Å². The van der Waals surface area contributed by atoms with Gasteiger partial charge in [0.25, 0.3) is 11.6 Å². The van der Waals surface area contributed by atoms with Crippen molar-refractivity contribution >= 4 is 44.1 Å². The van der Waals surface area contributed by atoms with Crippen LogP contribution in [0, 0.1) is 10.1 Å². The summed E-state index contributed by atoms with van der Waals surface area (Å²) in [6, 6.07) is 13.7. The second kappa shape index (κ2) is 8.25. The minimum Gasteiger partial charge on any atom is -0.362 e. The molecule has 0 unspecified atom stereocenters. The van der Waals surface area contributed by atoms with Gasteiger partial charge in [-0.05, 0) is 37.5 Å². The van der Waals surface area contributed by atoms with Crippen molar-refractivity contribution < 1.29 is 14.5 Å². The summed E-state index contributed by atoms with van der Waals surface area (Å²) >= 11 is 1.38. The highest BCUT2D eigenvalue weighted by Crippen LogP contribution is 2.43. The van der Waals surface area contributed by atoms with E-state index in [1.807, 2.05) is 31.2 Å². The Morgan fingerprint density at radius 3 is 2.67 bits per heavy atom. The van der Waals surface area contributed by atoms with Crippen LogP contribution in [0.3, 0.4) is 0 Å². The highest BCUT2D eigenvalue weighted by molar-refractivity contribution is 7.22. The molecule has 1 aliphatic carbocycles. The minimum atomic E-state index is -0.607. The van der Waals surface area contributed by atoms with Gasteiger partial charge in [-0.1, -0.05) is 35.6 Å². The molecule has 2 aliphatic rings. The number of Topliss-reactive ketones (excluding diaryl/α,β-unsaturated/α-hetero) is 1. The number of dihydropyridines is 1. The van der Waals surface area contributed by atoms with Gasteiger partial charge in [-0.25, -0.2) is 4.98 Å². The summed E-state index contributed by atoms with van der Waals surface area (Å²) in [6.45, 7) is 1.81. The average molecular weight is 461 g/mol. The molecule has 5 rings (SSSR count). The quantitative estimate of drug-likeness (QED) is 0.427. The molecule has 9 heteroatoms. The molecule has 0 spiro atoms. The van der Waals surface area contributed by atoms with E-state index in [1.165, 1.54) is 23.5 Å². The second-order valence-electron chi connectivity index (χ2n) is 8.06. The van der Waals surface area contributed by atoms with Crippen LogP contribution in [0.1, 0.15) is 37.7 Å². The lowest BCUT2D eigenvalue weighted by Gasteiger charge is -2.34. The first-order valence-corrected chi connectivity index (χ1v) is 11.4. The third kappa shape index (κ3) is 3.80. The first-order valence-electron chi connectivity index (χ1n) is 10.6. The number of para-hydroxylation sites is 1. The van der Waals surface area contributed by atoms with E-state index in [1.54, 1.807) is 12.1 Å². The molecule has 2 N–H and O–H groups in total. The number of hydrogen-bond donors (Lipinski definition) is 2. The molecule has 3 aromatic rings. The predicted molar refractivity (Wildman–Crippen MR) is 126 cm³/mol. The number of carbonyl (C=O) groups is 2. The zero-order valence-electron chi connectivity index (χ0n) is 17.8. The van der Waals surface area contributed by atoms with E-state index < -0.39 is 10.8 Å². The van der Waals surface area contributed by atoms with Gasteiger partial charge in [0, 0.05) is 47.0 Å². The number of nitro groups is 1. The van der Waals surface area contributed by atoms with Crippen molar-refractivity contribution in [2.75, 3.05) is 5.32 Å². The van der Waals surface area contributed by atoms with Crippen LogP contribution in [-0.4, -0.2) is 21.6 Å². The van der Waals surface area contributed by atoms with Crippen LogP contribution >= 0.6 is 11.3 Å². The van der Waals surface area contributed by atoms with E-state index >= 15 is 0 Å². The number of amides is 1. The van der Waals surface area contributed by atoms with Crippen molar-refractivity contribution in [1.82, 2.24) is 10.3 Å². The van der Waals surface area contributed by atoms with Crippen molar-refractivity contribution in [3.05, 3.63) is 86.7 Å². The predicted octanol–water partition coefficient (Wildman–Crippen LogP) is 4.81. The van der Waals surface area contributed by atoms with Gasteiger partial charge in [0.1, 0.15) is 0 Å². The molecule has 1 atom stereocenters. The lowest BCUT2D eigenvalue weighted by molar-refractivity contribution is -0.384. The molecule has 0 fully saturated rings. The van der Waals surface area contributed by atoms with Gasteiger partial charge < -0.3 is 5.32 Å². The number of allylic oxidation sites excluding steroid dienone is 3. The lowest BCUT2D eigenvalue weighted by Crippen LogP contribution is -2.35. The largest absolute Gasteiger partial charge is 0.362 e. The molecule has 1 amide bonds. The second-order valence-corrected chi connectivity index (χ2v) is 9.09. The van der Waals surface area contributed by atoms with E-state index in [4.69, 9.17) is 0 Å². The lowest BCUT2D eigenvalue weighted by atomic mass is 9.75. The standard InChI is InChI=1S/C24H20N4O4S/c1-13-20(23(30)27-24-26-16-5-2-3-8-19(16)33-24)21(14-9-11-15(12-10-14)28(31)32)22-17(25-13)6-4-7-18(22)29/h2-3,5,8-12,21,25H,4,6-7H2,1H3,(H,26,27,30)/t21-/m1/s1. The molecule has 0 radical (unpaired) electrons. The van der Waals surface area contributed by atoms with E-state index in [-0.39, 0.29) is 17.4 Å². The molecule has 0 saturated carbocycles. The zero-order valence-corrected chi connectivity index (χ0v) is 18.6. The maximum Gasteiger partial charge on any atom is 0.269 e. The number of ketones is 1. The number of carbonyl (C=O) groups excluding carboxylic acids is 2. The van der Waals surface area contributed by atoms with Crippen LogP contribution in [0.15, 0.2) is 71.1 Å². The van der Waals surface area contributed by atoms with E-state index in [2.05, 4.69) is 15.6 Å². The Morgan fingerprint density at radius 1 is 1.18 bits per heavy atom. The summed E-state index contributed by atoms with van der Waals surface area (Å²) in [5, 5.41) is 17.8. The first-order chi connectivity index (χ1) is 15.9. The van der Waals surface area contributed by atoms with Crippen molar-refractivity contribution in [2.24, 2.45) is 0 Å². The van der Waals surface area contributed by atoms with Crippen molar-refractivity contribution in [3.8, 4) is 0 Å². The number of aromatic nitrogens is 1. The minimum absolute atomic E-state index is 0.00936. The Kier molecular flexibility index (Phi) is 5.26. The number of nitrogens with one attached hydrogen (secondary N) is 2. The van der Waals surface area contributed by atoms with Crippen LogP contribution in [0.5, 0.6) is 0 Å². The van der Waals surface area contributed by atoms with Gasteiger partial charge in [0.2, 0.25) is 0 Å². The fourth-order valence-electron chi connectivity index (χ4n) is 4.50. The molecule has 1 aliphatic heterocycles. The van der Waals surface area contributed by atoms with Crippen LogP contribution < -0.4 is 10.6 Å². The monoisotopic (exact) mass is 460 g/mol. The maximum absolute atomic E-state index is 13.5. The van der Waals surface area contributed by atoms with E-state index in [0.29, 0.717) is 40.4 Å². The molecule has 8 nitrogen and oxygen atoms in total. The van der Waals surface area contributed by atoms with Gasteiger partial charge in [-0.15, -0.1) is 0 Å². The van der Waals surface area contributed by atoms with Crippen LogP contribution in [0.25, 0.3) is 10.2 Å². The van der Waals surface area contributed by atoms with Gasteiger partial charge in [-0.2, -0.15) is 0 Å². The third-order valence-corrected chi connectivity index (χ3v) is 6.92. The summed E-state index contributed by atoms with van der Waals surface area (Å²) in [7, 11) is 0. The highest BCUT2D eigenvalue weighted by Gasteiger charge is 2.38.